The summed E-state index contributed by atoms with van der Waals surface area (Å²) in [5, 5.41) is 8.60. The highest BCUT2D eigenvalue weighted by atomic mass is 16.5. The molecule has 0 saturated carbocycles. The van der Waals surface area contributed by atoms with Crippen molar-refractivity contribution in [2.45, 2.75) is 13.8 Å². The van der Waals surface area contributed by atoms with Crippen molar-refractivity contribution in [3.05, 3.63) is 72.9 Å². The van der Waals surface area contributed by atoms with E-state index in [1.54, 1.807) is 6.20 Å². The number of rotatable bonds is 10. The van der Waals surface area contributed by atoms with E-state index in [0.29, 0.717) is 18.8 Å². The molecule has 2 aromatic carbocycles. The van der Waals surface area contributed by atoms with Crippen LogP contribution in [0.5, 0.6) is 0 Å². The molecule has 8 nitrogen and oxygen atoms in total. The number of azo groups is 1. The normalized spacial score (nSPS) is 10.7. The van der Waals surface area contributed by atoms with Gasteiger partial charge in [-0.25, -0.2) is 0 Å². The van der Waals surface area contributed by atoms with E-state index in [2.05, 4.69) is 15.2 Å². The van der Waals surface area contributed by atoms with Crippen molar-refractivity contribution in [2.24, 2.45) is 10.2 Å². The van der Waals surface area contributed by atoms with Crippen LogP contribution in [-0.2, 0) is 19.1 Å². The molecule has 8 heteroatoms. The Morgan fingerprint density at radius 1 is 0.788 bits per heavy atom. The second-order valence-electron chi connectivity index (χ2n) is 7.15. The number of benzene rings is 2. The minimum atomic E-state index is -0.334. The van der Waals surface area contributed by atoms with Crippen LogP contribution in [-0.4, -0.2) is 43.2 Å². The molecule has 0 aliphatic carbocycles. The third-order valence-electron chi connectivity index (χ3n) is 4.66. The van der Waals surface area contributed by atoms with Gasteiger partial charge in [0, 0.05) is 31.3 Å². The molecule has 0 saturated heterocycles. The van der Waals surface area contributed by atoms with Crippen LogP contribution in [0.3, 0.4) is 0 Å². The fourth-order valence-electron chi connectivity index (χ4n) is 3.05. The first-order chi connectivity index (χ1) is 16.0. The van der Waals surface area contributed by atoms with E-state index in [4.69, 9.17) is 9.47 Å². The predicted octanol–water partition coefficient (Wildman–Crippen LogP) is 5.10. The Hall–Kier alpha value is -4.07. The first-order valence-corrected chi connectivity index (χ1v) is 10.6. The molecule has 170 valence electrons. The van der Waals surface area contributed by atoms with Crippen LogP contribution in [0, 0.1) is 0 Å². The van der Waals surface area contributed by atoms with Gasteiger partial charge < -0.3 is 14.4 Å². The molecular weight excluding hydrogens is 420 g/mol. The Balaban J connectivity index is 1.63. The van der Waals surface area contributed by atoms with Gasteiger partial charge in [-0.1, -0.05) is 18.2 Å². The summed E-state index contributed by atoms with van der Waals surface area (Å²) in [6.45, 7) is 4.18. The molecule has 0 atom stereocenters. The van der Waals surface area contributed by atoms with Crippen molar-refractivity contribution in [3.63, 3.8) is 0 Å². The summed E-state index contributed by atoms with van der Waals surface area (Å²) in [5.41, 5.74) is 4.26. The van der Waals surface area contributed by atoms with Crippen molar-refractivity contribution in [3.8, 4) is 11.3 Å². The number of hydrogen-bond donors (Lipinski definition) is 0. The standard InChI is InChI=1S/C25H26N4O4/c1-19(30)32-17-15-29(16-18-33-20(2)31)24-12-10-23(11-13-24)28-27-22-8-6-21(7-9-22)25-5-3-4-14-26-25/h3-14H,15-18H2,1-2H3. The maximum Gasteiger partial charge on any atom is 0.302 e. The molecular formula is C25H26N4O4. The highest BCUT2D eigenvalue weighted by Crippen LogP contribution is 2.24. The van der Waals surface area contributed by atoms with E-state index in [1.165, 1.54) is 13.8 Å². The summed E-state index contributed by atoms with van der Waals surface area (Å²) in [5.74, 6) is -0.669. The molecule has 0 aliphatic heterocycles. The van der Waals surface area contributed by atoms with E-state index < -0.39 is 0 Å². The monoisotopic (exact) mass is 446 g/mol. The van der Waals surface area contributed by atoms with Gasteiger partial charge >= 0.3 is 11.9 Å². The Bertz CT molecular complexity index is 1050. The van der Waals surface area contributed by atoms with Gasteiger partial charge in [0.2, 0.25) is 0 Å². The maximum atomic E-state index is 11.1. The minimum absolute atomic E-state index is 0.241. The number of nitrogens with zero attached hydrogens (tertiary/aromatic N) is 4. The van der Waals surface area contributed by atoms with Gasteiger partial charge in [-0.3, -0.25) is 14.6 Å². The quantitative estimate of drug-likeness (QED) is 0.318. The van der Waals surface area contributed by atoms with E-state index in [1.807, 2.05) is 71.6 Å². The molecule has 33 heavy (non-hydrogen) atoms. The number of aromatic nitrogens is 1. The zero-order chi connectivity index (χ0) is 23.5. The van der Waals surface area contributed by atoms with Gasteiger partial charge in [0.15, 0.2) is 0 Å². The molecule has 0 spiro atoms. The predicted molar refractivity (Wildman–Crippen MR) is 126 cm³/mol. The van der Waals surface area contributed by atoms with Gasteiger partial charge in [-0.2, -0.15) is 10.2 Å². The third-order valence-corrected chi connectivity index (χ3v) is 4.66. The number of ether oxygens (including phenoxy) is 2. The van der Waals surface area contributed by atoms with Crippen LogP contribution in [0.25, 0.3) is 11.3 Å². The molecule has 1 aromatic heterocycles. The van der Waals surface area contributed by atoms with Crippen LogP contribution < -0.4 is 4.90 Å². The average molecular weight is 447 g/mol. The van der Waals surface area contributed by atoms with Gasteiger partial charge in [-0.05, 0) is 48.5 Å². The minimum Gasteiger partial charge on any atom is -0.464 e. The topological polar surface area (TPSA) is 93.4 Å². The molecule has 0 N–H and O–H groups in total. The van der Waals surface area contributed by atoms with Crippen LogP contribution in [0.1, 0.15) is 13.8 Å². The largest absolute Gasteiger partial charge is 0.464 e. The first-order valence-electron chi connectivity index (χ1n) is 10.6. The van der Waals surface area contributed by atoms with E-state index in [-0.39, 0.29) is 25.2 Å². The molecule has 0 unspecified atom stereocenters. The van der Waals surface area contributed by atoms with Gasteiger partial charge in [0.05, 0.1) is 30.2 Å². The lowest BCUT2D eigenvalue weighted by Gasteiger charge is -2.24. The third kappa shape index (κ3) is 7.84. The number of anilines is 1. The molecule has 3 aromatic rings. The number of carbonyl (C=O) groups excluding carboxylic acids is 2. The molecule has 1 heterocycles. The molecule has 0 bridgehead atoms. The highest BCUT2D eigenvalue weighted by Gasteiger charge is 2.09. The number of hydrogen-bond acceptors (Lipinski definition) is 8. The van der Waals surface area contributed by atoms with Crippen molar-refractivity contribution in [2.75, 3.05) is 31.2 Å². The average Bonchev–Trinajstić information content (AvgIpc) is 2.83. The number of carbonyl (C=O) groups is 2. The summed E-state index contributed by atoms with van der Waals surface area (Å²) >= 11 is 0. The van der Waals surface area contributed by atoms with Crippen LogP contribution in [0.15, 0.2) is 83.2 Å². The van der Waals surface area contributed by atoms with Crippen LogP contribution in [0.4, 0.5) is 17.1 Å². The SMILES string of the molecule is CC(=O)OCCN(CCOC(C)=O)c1ccc(N=Nc2ccc(-c3ccccn3)cc2)cc1. The maximum absolute atomic E-state index is 11.1. The second-order valence-corrected chi connectivity index (χ2v) is 7.15. The van der Waals surface area contributed by atoms with Gasteiger partial charge in [0.25, 0.3) is 0 Å². The molecule has 0 radical (unpaired) electrons. The molecule has 0 fully saturated rings. The van der Waals surface area contributed by atoms with E-state index in [9.17, 15) is 9.59 Å². The smallest absolute Gasteiger partial charge is 0.302 e. The van der Waals surface area contributed by atoms with Gasteiger partial charge in [-0.15, -0.1) is 0 Å². The van der Waals surface area contributed by atoms with Crippen molar-refractivity contribution < 1.29 is 19.1 Å². The van der Waals surface area contributed by atoms with Crippen LogP contribution >= 0.6 is 0 Å². The summed E-state index contributed by atoms with van der Waals surface area (Å²) in [6, 6.07) is 21.0. The first kappa shape index (κ1) is 23.6. The molecule has 3 rings (SSSR count). The summed E-state index contributed by atoms with van der Waals surface area (Å²) in [6.07, 6.45) is 1.76. The highest BCUT2D eigenvalue weighted by molar-refractivity contribution is 5.66. The van der Waals surface area contributed by atoms with Crippen molar-refractivity contribution in [1.82, 2.24) is 4.98 Å². The second kappa shape index (κ2) is 12.1. The fraction of sp³-hybridized carbons (Fsp3) is 0.240. The Morgan fingerprint density at radius 3 is 1.82 bits per heavy atom. The molecule has 0 aliphatic rings. The Morgan fingerprint density at radius 2 is 1.33 bits per heavy atom. The van der Waals surface area contributed by atoms with E-state index in [0.717, 1.165) is 22.6 Å². The lowest BCUT2D eigenvalue weighted by atomic mass is 10.1. The fourth-order valence-corrected chi connectivity index (χ4v) is 3.05. The Kier molecular flexibility index (Phi) is 8.64. The van der Waals surface area contributed by atoms with Crippen LogP contribution in [0.2, 0.25) is 0 Å². The summed E-state index contributed by atoms with van der Waals surface area (Å²) in [7, 11) is 0. The van der Waals surface area contributed by atoms with E-state index >= 15 is 0 Å². The van der Waals surface area contributed by atoms with Gasteiger partial charge in [0.1, 0.15) is 13.2 Å². The lowest BCUT2D eigenvalue weighted by molar-refractivity contribution is -0.141. The molecule has 0 amide bonds. The van der Waals surface area contributed by atoms with Crippen molar-refractivity contribution in [1.29, 1.82) is 0 Å². The zero-order valence-corrected chi connectivity index (χ0v) is 18.7. The summed E-state index contributed by atoms with van der Waals surface area (Å²) in [4.78, 5) is 28.4. The number of esters is 2. The lowest BCUT2D eigenvalue weighted by Crippen LogP contribution is -2.31. The zero-order valence-electron chi connectivity index (χ0n) is 18.7. The van der Waals surface area contributed by atoms with Crippen molar-refractivity contribution >= 4 is 29.0 Å². The Labute approximate surface area is 192 Å². The number of pyridine rings is 1. The summed E-state index contributed by atoms with van der Waals surface area (Å²) < 4.78 is 10.1.